The summed E-state index contributed by atoms with van der Waals surface area (Å²) in [6.45, 7) is -0.00690. The first-order valence-corrected chi connectivity index (χ1v) is 15.6. The van der Waals surface area contributed by atoms with Crippen LogP contribution in [-0.2, 0) is 26.6 Å². The molecule has 1 amide bonds. The van der Waals surface area contributed by atoms with Crippen molar-refractivity contribution in [2.24, 2.45) is 0 Å². The third kappa shape index (κ3) is 6.45. The van der Waals surface area contributed by atoms with Gasteiger partial charge in [-0.3, -0.25) is 9.10 Å². The molecule has 0 radical (unpaired) electrons. The molecule has 0 aliphatic rings. The Morgan fingerprint density at radius 3 is 1.93 bits per heavy atom. The van der Waals surface area contributed by atoms with Gasteiger partial charge in [0.1, 0.15) is 0 Å². The number of hydrogen-bond donors (Lipinski definition) is 2. The lowest BCUT2D eigenvalue weighted by Crippen LogP contribution is -2.32. The van der Waals surface area contributed by atoms with Crippen LogP contribution in [0.25, 0.3) is 0 Å². The minimum absolute atomic E-state index is 0.00690. The van der Waals surface area contributed by atoms with Crippen molar-refractivity contribution in [1.29, 1.82) is 0 Å². The van der Waals surface area contributed by atoms with Crippen molar-refractivity contribution in [1.82, 2.24) is 9.97 Å². The molecule has 0 fully saturated rings. The lowest BCUT2D eigenvalue weighted by atomic mass is 10.1. The molecule has 42 heavy (non-hydrogen) atoms. The van der Waals surface area contributed by atoms with Gasteiger partial charge in [0.25, 0.3) is 26.0 Å². The van der Waals surface area contributed by atoms with Gasteiger partial charge in [-0.15, -0.1) is 0 Å². The summed E-state index contributed by atoms with van der Waals surface area (Å²) in [7, 11) is -8.02. The average molecular weight is 600 g/mol. The fraction of sp³-hybridized carbons (Fsp3) is 0.0333. The van der Waals surface area contributed by atoms with Gasteiger partial charge >= 0.3 is 0 Å². The van der Waals surface area contributed by atoms with E-state index in [1.54, 1.807) is 42.5 Å². The number of carbonyl (C=O) groups is 1. The van der Waals surface area contributed by atoms with Crippen molar-refractivity contribution < 1.29 is 21.6 Å². The molecule has 4 aromatic carbocycles. The molecule has 2 N–H and O–H groups in total. The molecule has 5 aromatic rings. The summed E-state index contributed by atoms with van der Waals surface area (Å²) in [5.41, 5.74) is 1.35. The number of amides is 1. The molecule has 0 bridgehead atoms. The maximum absolute atomic E-state index is 13.9. The number of sulfonamides is 2. The zero-order valence-electron chi connectivity index (χ0n) is 22.0. The van der Waals surface area contributed by atoms with Gasteiger partial charge in [-0.05, 0) is 60.2 Å². The van der Waals surface area contributed by atoms with E-state index in [1.807, 2.05) is 30.3 Å². The van der Waals surface area contributed by atoms with E-state index in [-0.39, 0.29) is 33.5 Å². The molecule has 1 aromatic heterocycles. The van der Waals surface area contributed by atoms with Crippen LogP contribution < -0.4 is 14.3 Å². The van der Waals surface area contributed by atoms with Gasteiger partial charge < -0.3 is 5.32 Å². The number of carbonyl (C=O) groups excluding carboxylic acids is 1. The fourth-order valence-corrected chi connectivity index (χ4v) is 6.55. The Labute approximate surface area is 243 Å². The molecule has 0 saturated heterocycles. The van der Waals surface area contributed by atoms with Crippen LogP contribution in [0.1, 0.15) is 15.9 Å². The molecule has 10 nitrogen and oxygen atoms in total. The number of anilines is 3. The number of nitrogens with one attached hydrogen (secondary N) is 2. The van der Waals surface area contributed by atoms with E-state index in [9.17, 15) is 21.6 Å². The van der Waals surface area contributed by atoms with Crippen molar-refractivity contribution in [2.75, 3.05) is 14.3 Å². The van der Waals surface area contributed by atoms with E-state index < -0.39 is 26.0 Å². The monoisotopic (exact) mass is 599 g/mol. The molecule has 0 saturated carbocycles. The van der Waals surface area contributed by atoms with Gasteiger partial charge in [-0.1, -0.05) is 60.7 Å². The van der Waals surface area contributed by atoms with E-state index in [4.69, 9.17) is 0 Å². The van der Waals surface area contributed by atoms with Gasteiger partial charge in [0.2, 0.25) is 5.95 Å². The molecule has 212 valence electrons. The van der Waals surface area contributed by atoms with Crippen molar-refractivity contribution >= 4 is 43.3 Å². The average Bonchev–Trinajstić information content (AvgIpc) is 3.01. The Morgan fingerprint density at radius 2 is 1.26 bits per heavy atom. The summed E-state index contributed by atoms with van der Waals surface area (Å²) < 4.78 is 56.6. The minimum atomic E-state index is -4.06. The third-order valence-corrected chi connectivity index (χ3v) is 9.25. The standard InChI is InChI=1S/C30H25N5O5S2/c36-29(33-24-16-18-25(19-17-24)41(37,38)34-30-31-20-9-21-32-30)27-14-7-8-15-28(27)35(22-23-10-3-1-4-11-23)42(39,40)26-12-5-2-6-13-26/h1-21H,22H2,(H,33,36)(H,31,32,34). The number of benzene rings is 4. The Bertz CT molecular complexity index is 1890. The largest absolute Gasteiger partial charge is 0.322 e. The van der Waals surface area contributed by atoms with Crippen LogP contribution in [0.3, 0.4) is 0 Å². The molecule has 12 heteroatoms. The molecular weight excluding hydrogens is 574 g/mol. The summed E-state index contributed by atoms with van der Waals surface area (Å²) in [4.78, 5) is 21.2. The van der Waals surface area contributed by atoms with Crippen LogP contribution in [0, 0.1) is 0 Å². The predicted octanol–water partition coefficient (Wildman–Crippen LogP) is 4.93. The highest BCUT2D eigenvalue weighted by molar-refractivity contribution is 7.93. The maximum atomic E-state index is 13.9. The number of rotatable bonds is 10. The van der Waals surface area contributed by atoms with Crippen molar-refractivity contribution in [3.05, 3.63) is 139 Å². The first kappa shape index (κ1) is 28.5. The summed E-state index contributed by atoms with van der Waals surface area (Å²) in [5, 5.41) is 2.74. The summed E-state index contributed by atoms with van der Waals surface area (Å²) in [5.74, 6) is -0.643. The normalized spacial score (nSPS) is 11.4. The zero-order chi connectivity index (χ0) is 29.6. The summed E-state index contributed by atoms with van der Waals surface area (Å²) in [6, 6.07) is 30.6. The van der Waals surface area contributed by atoms with E-state index in [1.165, 1.54) is 59.2 Å². The highest BCUT2D eigenvalue weighted by atomic mass is 32.2. The van der Waals surface area contributed by atoms with Crippen LogP contribution in [0.2, 0.25) is 0 Å². The second-order valence-electron chi connectivity index (χ2n) is 8.98. The van der Waals surface area contributed by atoms with Crippen LogP contribution in [0.4, 0.5) is 17.3 Å². The maximum Gasteiger partial charge on any atom is 0.264 e. The Morgan fingerprint density at radius 1 is 0.667 bits per heavy atom. The third-order valence-electron chi connectivity index (χ3n) is 6.13. The molecular formula is C30H25N5O5S2. The minimum Gasteiger partial charge on any atom is -0.322 e. The SMILES string of the molecule is O=C(Nc1ccc(S(=O)(=O)Nc2ncccn2)cc1)c1ccccc1N(Cc1ccccc1)S(=O)(=O)c1ccccc1. The second-order valence-corrected chi connectivity index (χ2v) is 12.5. The van der Waals surface area contributed by atoms with E-state index >= 15 is 0 Å². The Balaban J connectivity index is 1.43. The van der Waals surface area contributed by atoms with Gasteiger partial charge in [-0.25, -0.2) is 31.5 Å². The van der Waals surface area contributed by atoms with Gasteiger partial charge in [-0.2, -0.15) is 0 Å². The van der Waals surface area contributed by atoms with Crippen LogP contribution >= 0.6 is 0 Å². The smallest absolute Gasteiger partial charge is 0.264 e. The molecule has 0 spiro atoms. The molecule has 0 atom stereocenters. The van der Waals surface area contributed by atoms with Crippen LogP contribution in [0.5, 0.6) is 0 Å². The van der Waals surface area contributed by atoms with E-state index in [0.717, 1.165) is 5.56 Å². The first-order valence-electron chi connectivity index (χ1n) is 12.7. The lowest BCUT2D eigenvalue weighted by molar-refractivity contribution is 0.102. The fourth-order valence-electron chi connectivity index (χ4n) is 4.10. The highest BCUT2D eigenvalue weighted by Crippen LogP contribution is 2.30. The molecule has 1 heterocycles. The zero-order valence-corrected chi connectivity index (χ0v) is 23.7. The summed E-state index contributed by atoms with van der Waals surface area (Å²) >= 11 is 0. The van der Waals surface area contributed by atoms with Gasteiger partial charge in [0.05, 0.1) is 27.6 Å². The van der Waals surface area contributed by atoms with Crippen molar-refractivity contribution in [3.63, 3.8) is 0 Å². The number of para-hydroxylation sites is 1. The topological polar surface area (TPSA) is 138 Å². The van der Waals surface area contributed by atoms with E-state index in [0.29, 0.717) is 5.69 Å². The Hall–Kier alpha value is -5.07. The second kappa shape index (κ2) is 12.2. The van der Waals surface area contributed by atoms with Gasteiger partial charge in [0, 0.05) is 18.1 Å². The highest BCUT2D eigenvalue weighted by Gasteiger charge is 2.28. The molecule has 5 rings (SSSR count). The van der Waals surface area contributed by atoms with Gasteiger partial charge in [0.15, 0.2) is 0 Å². The van der Waals surface area contributed by atoms with Crippen molar-refractivity contribution in [3.8, 4) is 0 Å². The molecule has 0 aliphatic carbocycles. The molecule has 0 aliphatic heterocycles. The quantitative estimate of drug-likeness (QED) is 0.232. The first-order chi connectivity index (χ1) is 20.2. The van der Waals surface area contributed by atoms with Crippen LogP contribution in [-0.4, -0.2) is 32.7 Å². The van der Waals surface area contributed by atoms with Crippen LogP contribution in [0.15, 0.2) is 137 Å². The number of aromatic nitrogens is 2. The molecule has 0 unspecified atom stereocenters. The Kier molecular flexibility index (Phi) is 8.27. The number of nitrogens with zero attached hydrogens (tertiary/aromatic N) is 3. The van der Waals surface area contributed by atoms with Crippen molar-refractivity contribution in [2.45, 2.75) is 16.3 Å². The lowest BCUT2D eigenvalue weighted by Gasteiger charge is -2.26. The number of hydrogen-bond acceptors (Lipinski definition) is 7. The predicted molar refractivity (Wildman–Crippen MR) is 160 cm³/mol. The van der Waals surface area contributed by atoms with E-state index in [2.05, 4.69) is 20.0 Å². The summed E-state index contributed by atoms with van der Waals surface area (Å²) in [6.07, 6.45) is 2.82.